The minimum atomic E-state index is 0.115. The van der Waals surface area contributed by atoms with Gasteiger partial charge in [0, 0.05) is 13.0 Å². The number of likely N-dealkylation sites (N-methyl/N-ethyl adjacent to an activating group) is 1. The van der Waals surface area contributed by atoms with E-state index in [0.717, 1.165) is 6.42 Å². The summed E-state index contributed by atoms with van der Waals surface area (Å²) >= 11 is 1.67. The number of nitrogens with zero attached hydrogens (tertiary/aromatic N) is 1. The molecule has 1 unspecified atom stereocenters. The molecule has 0 aliphatic rings. The van der Waals surface area contributed by atoms with Gasteiger partial charge in [0.15, 0.2) is 0 Å². The Kier molecular flexibility index (Phi) is 5.96. The molecule has 21 heavy (non-hydrogen) atoms. The van der Waals surface area contributed by atoms with Crippen LogP contribution in [-0.2, 0) is 11.2 Å². The first-order chi connectivity index (χ1) is 10.2. The third kappa shape index (κ3) is 4.99. The van der Waals surface area contributed by atoms with Gasteiger partial charge < -0.3 is 10.2 Å². The Morgan fingerprint density at radius 3 is 2.62 bits per heavy atom. The van der Waals surface area contributed by atoms with E-state index in [0.29, 0.717) is 13.0 Å². The molecule has 1 aromatic heterocycles. The second-order valence-corrected chi connectivity index (χ2v) is 6.11. The molecule has 0 aliphatic carbocycles. The summed E-state index contributed by atoms with van der Waals surface area (Å²) in [5, 5.41) is 7.19. The molecule has 0 aliphatic heterocycles. The Morgan fingerprint density at radius 2 is 2.00 bits per heavy atom. The second-order valence-electron chi connectivity index (χ2n) is 5.33. The standard InChI is InChI=1S/C17H22N2OS/c1-19(2)16(15-6-4-3-5-7-15)12-18-17(20)9-8-14-10-11-21-13-14/h3-7,10-11,13,16H,8-9,12H2,1-2H3,(H,18,20). The van der Waals surface area contributed by atoms with Crippen LogP contribution in [0, 0.1) is 0 Å². The molecular weight excluding hydrogens is 280 g/mol. The van der Waals surface area contributed by atoms with Crippen molar-refractivity contribution in [2.75, 3.05) is 20.6 Å². The number of rotatable bonds is 7. The lowest BCUT2D eigenvalue weighted by Crippen LogP contribution is -2.34. The van der Waals surface area contributed by atoms with Crippen LogP contribution in [0.15, 0.2) is 47.2 Å². The summed E-state index contributed by atoms with van der Waals surface area (Å²) in [5.74, 6) is 0.115. The fourth-order valence-corrected chi connectivity index (χ4v) is 2.97. The Bertz CT molecular complexity index is 537. The summed E-state index contributed by atoms with van der Waals surface area (Å²) < 4.78 is 0. The summed E-state index contributed by atoms with van der Waals surface area (Å²) in [7, 11) is 4.07. The van der Waals surface area contributed by atoms with Crippen LogP contribution in [0.2, 0.25) is 0 Å². The number of nitrogens with one attached hydrogen (secondary N) is 1. The zero-order valence-corrected chi connectivity index (χ0v) is 13.4. The van der Waals surface area contributed by atoms with Gasteiger partial charge in [-0.25, -0.2) is 0 Å². The average molecular weight is 302 g/mol. The van der Waals surface area contributed by atoms with Crippen molar-refractivity contribution < 1.29 is 4.79 Å². The van der Waals surface area contributed by atoms with Gasteiger partial charge in [-0.15, -0.1) is 0 Å². The highest BCUT2D eigenvalue weighted by Gasteiger charge is 2.14. The fourth-order valence-electron chi connectivity index (χ4n) is 2.27. The lowest BCUT2D eigenvalue weighted by atomic mass is 10.1. The average Bonchev–Trinajstić information content (AvgIpc) is 2.99. The Balaban J connectivity index is 1.83. The highest BCUT2D eigenvalue weighted by molar-refractivity contribution is 7.07. The Morgan fingerprint density at radius 1 is 1.24 bits per heavy atom. The number of carbonyl (C=O) groups is 1. The van der Waals surface area contributed by atoms with E-state index >= 15 is 0 Å². The molecule has 0 radical (unpaired) electrons. The molecule has 4 heteroatoms. The van der Waals surface area contributed by atoms with Crippen LogP contribution in [0.25, 0.3) is 0 Å². The molecule has 1 aromatic carbocycles. The summed E-state index contributed by atoms with van der Waals surface area (Å²) in [6.45, 7) is 0.638. The van der Waals surface area contributed by atoms with Gasteiger partial charge in [0.1, 0.15) is 0 Å². The maximum Gasteiger partial charge on any atom is 0.220 e. The number of benzene rings is 1. The largest absolute Gasteiger partial charge is 0.354 e. The maximum absolute atomic E-state index is 12.0. The fraction of sp³-hybridized carbons (Fsp3) is 0.353. The van der Waals surface area contributed by atoms with E-state index in [9.17, 15) is 4.79 Å². The molecule has 1 atom stereocenters. The van der Waals surface area contributed by atoms with E-state index in [1.165, 1.54) is 11.1 Å². The summed E-state index contributed by atoms with van der Waals surface area (Å²) in [5.41, 5.74) is 2.46. The number of carbonyl (C=O) groups excluding carboxylic acids is 1. The maximum atomic E-state index is 12.0. The van der Waals surface area contributed by atoms with Crippen molar-refractivity contribution in [1.82, 2.24) is 10.2 Å². The lowest BCUT2D eigenvalue weighted by molar-refractivity contribution is -0.121. The molecule has 2 aromatic rings. The SMILES string of the molecule is CN(C)C(CNC(=O)CCc1ccsc1)c1ccccc1. The molecule has 1 N–H and O–H groups in total. The molecule has 112 valence electrons. The van der Waals surface area contributed by atoms with Crippen LogP contribution in [-0.4, -0.2) is 31.4 Å². The van der Waals surface area contributed by atoms with Gasteiger partial charge in [0.05, 0.1) is 6.04 Å². The summed E-state index contributed by atoms with van der Waals surface area (Å²) in [4.78, 5) is 14.1. The normalized spacial score (nSPS) is 12.3. The van der Waals surface area contributed by atoms with E-state index in [4.69, 9.17) is 0 Å². The van der Waals surface area contributed by atoms with Gasteiger partial charge in [-0.1, -0.05) is 30.3 Å². The van der Waals surface area contributed by atoms with E-state index in [-0.39, 0.29) is 11.9 Å². The van der Waals surface area contributed by atoms with Crippen LogP contribution in [0.5, 0.6) is 0 Å². The lowest BCUT2D eigenvalue weighted by Gasteiger charge is -2.25. The number of hydrogen-bond donors (Lipinski definition) is 1. The minimum absolute atomic E-state index is 0.115. The van der Waals surface area contributed by atoms with Crippen molar-refractivity contribution in [2.24, 2.45) is 0 Å². The zero-order valence-electron chi connectivity index (χ0n) is 12.6. The quantitative estimate of drug-likeness (QED) is 0.852. The number of amides is 1. The van der Waals surface area contributed by atoms with Gasteiger partial charge in [-0.2, -0.15) is 11.3 Å². The van der Waals surface area contributed by atoms with Gasteiger partial charge in [0.2, 0.25) is 5.91 Å². The molecule has 0 fully saturated rings. The molecule has 3 nitrogen and oxygen atoms in total. The van der Waals surface area contributed by atoms with Crippen molar-refractivity contribution in [2.45, 2.75) is 18.9 Å². The van der Waals surface area contributed by atoms with Crippen LogP contribution in [0.1, 0.15) is 23.6 Å². The molecular formula is C17H22N2OS. The number of hydrogen-bond acceptors (Lipinski definition) is 3. The molecule has 1 heterocycles. The van der Waals surface area contributed by atoms with E-state index in [1.54, 1.807) is 11.3 Å². The summed E-state index contributed by atoms with van der Waals surface area (Å²) in [6.07, 6.45) is 1.36. The highest BCUT2D eigenvalue weighted by atomic mass is 32.1. The highest BCUT2D eigenvalue weighted by Crippen LogP contribution is 2.16. The molecule has 1 amide bonds. The van der Waals surface area contributed by atoms with Crippen molar-refractivity contribution in [3.63, 3.8) is 0 Å². The molecule has 0 spiro atoms. The Labute approximate surface area is 130 Å². The van der Waals surface area contributed by atoms with Crippen LogP contribution < -0.4 is 5.32 Å². The topological polar surface area (TPSA) is 32.3 Å². The predicted octanol–water partition coefficient (Wildman–Crippen LogP) is 3.10. The monoisotopic (exact) mass is 302 g/mol. The van der Waals surface area contributed by atoms with Gasteiger partial charge in [-0.3, -0.25) is 4.79 Å². The van der Waals surface area contributed by atoms with Crippen LogP contribution in [0.3, 0.4) is 0 Å². The van der Waals surface area contributed by atoms with Crippen LogP contribution in [0.4, 0.5) is 0 Å². The Hall–Kier alpha value is -1.65. The third-order valence-electron chi connectivity index (χ3n) is 3.52. The second kappa shape index (κ2) is 7.96. The number of aryl methyl sites for hydroxylation is 1. The van der Waals surface area contributed by atoms with Gasteiger partial charge >= 0.3 is 0 Å². The zero-order chi connectivity index (χ0) is 15.1. The number of thiophene rings is 1. The molecule has 0 bridgehead atoms. The predicted molar refractivity (Wildman–Crippen MR) is 88.5 cm³/mol. The molecule has 0 saturated heterocycles. The van der Waals surface area contributed by atoms with Crippen LogP contribution >= 0.6 is 11.3 Å². The van der Waals surface area contributed by atoms with E-state index in [2.05, 4.69) is 33.8 Å². The first kappa shape index (κ1) is 15.7. The van der Waals surface area contributed by atoms with Crippen molar-refractivity contribution in [1.29, 1.82) is 0 Å². The first-order valence-corrected chi connectivity index (χ1v) is 8.10. The van der Waals surface area contributed by atoms with E-state index < -0.39 is 0 Å². The minimum Gasteiger partial charge on any atom is -0.354 e. The molecule has 0 saturated carbocycles. The third-order valence-corrected chi connectivity index (χ3v) is 4.25. The smallest absolute Gasteiger partial charge is 0.220 e. The molecule has 2 rings (SSSR count). The summed E-state index contributed by atoms with van der Waals surface area (Å²) in [6, 6.07) is 12.6. The van der Waals surface area contributed by atoms with Crippen molar-refractivity contribution >= 4 is 17.2 Å². The van der Waals surface area contributed by atoms with E-state index in [1.807, 2.05) is 37.7 Å². The van der Waals surface area contributed by atoms with Crippen molar-refractivity contribution in [3.8, 4) is 0 Å². The van der Waals surface area contributed by atoms with Gasteiger partial charge in [0.25, 0.3) is 0 Å². The van der Waals surface area contributed by atoms with Crippen molar-refractivity contribution in [3.05, 3.63) is 58.3 Å². The van der Waals surface area contributed by atoms with Gasteiger partial charge in [-0.05, 0) is 48.5 Å². The first-order valence-electron chi connectivity index (χ1n) is 7.16.